The molecule has 2 heterocycles. The minimum Gasteiger partial charge on any atom is -0.362 e. The maximum absolute atomic E-state index is 5.33. The number of rotatable bonds is 1. The number of fused-ring (bicyclic) bond motifs is 3. The average molecular weight is 140 g/mol. The average Bonchev–Trinajstić information content (AvgIpc) is 2.82. The molecule has 54 valence electrons. The van der Waals surface area contributed by atoms with E-state index in [-0.39, 0.29) is 12.2 Å². The monoisotopic (exact) mass is 140 g/mol. The van der Waals surface area contributed by atoms with E-state index >= 15 is 0 Å². The highest BCUT2D eigenvalue weighted by molar-refractivity contribution is 5.27. The van der Waals surface area contributed by atoms with E-state index in [0.29, 0.717) is 6.10 Å². The van der Waals surface area contributed by atoms with Crippen molar-refractivity contribution < 1.29 is 14.2 Å². The van der Waals surface area contributed by atoms with E-state index in [1.54, 1.807) is 7.11 Å². The first kappa shape index (κ1) is 5.29. The zero-order valence-corrected chi connectivity index (χ0v) is 5.61. The highest BCUT2D eigenvalue weighted by Crippen LogP contribution is 2.52. The van der Waals surface area contributed by atoms with Gasteiger partial charge in [0.15, 0.2) is 0 Å². The van der Waals surface area contributed by atoms with Gasteiger partial charge in [0.1, 0.15) is 18.3 Å². The van der Waals surface area contributed by atoms with Crippen LogP contribution >= 0.6 is 0 Å². The van der Waals surface area contributed by atoms with Gasteiger partial charge in [-0.25, -0.2) is 0 Å². The molecule has 2 fully saturated rings. The molecular weight excluding hydrogens is 132 g/mol. The van der Waals surface area contributed by atoms with Gasteiger partial charge in [-0.05, 0) is 6.08 Å². The van der Waals surface area contributed by atoms with Gasteiger partial charge in [-0.2, -0.15) is 0 Å². The number of ether oxygens (including phenoxy) is 3. The molecule has 1 aliphatic carbocycles. The second kappa shape index (κ2) is 1.30. The van der Waals surface area contributed by atoms with Crippen LogP contribution in [-0.4, -0.2) is 31.2 Å². The molecule has 0 saturated carbocycles. The Morgan fingerprint density at radius 2 is 2.50 bits per heavy atom. The first-order valence-corrected chi connectivity index (χ1v) is 3.43. The van der Waals surface area contributed by atoms with E-state index in [2.05, 4.69) is 0 Å². The van der Waals surface area contributed by atoms with Gasteiger partial charge in [0.05, 0.1) is 0 Å². The fourth-order valence-electron chi connectivity index (χ4n) is 1.59. The van der Waals surface area contributed by atoms with Crippen LogP contribution in [0.15, 0.2) is 12.2 Å². The molecule has 3 nitrogen and oxygen atoms in total. The quantitative estimate of drug-likeness (QED) is 0.381. The molecule has 3 rings (SSSR count). The van der Waals surface area contributed by atoms with Crippen LogP contribution in [0.5, 0.6) is 0 Å². The molecule has 0 amide bonds. The zero-order valence-electron chi connectivity index (χ0n) is 5.61. The van der Waals surface area contributed by atoms with Gasteiger partial charge in [0, 0.05) is 7.11 Å². The summed E-state index contributed by atoms with van der Waals surface area (Å²) in [5.74, 6) is -0.405. The zero-order chi connectivity index (χ0) is 6.77. The van der Waals surface area contributed by atoms with Crippen LogP contribution in [0.3, 0.4) is 0 Å². The van der Waals surface area contributed by atoms with Crippen LogP contribution in [0.2, 0.25) is 0 Å². The van der Waals surface area contributed by atoms with E-state index < -0.39 is 5.79 Å². The van der Waals surface area contributed by atoms with Crippen LogP contribution in [0.25, 0.3) is 0 Å². The second-order valence-corrected chi connectivity index (χ2v) is 2.89. The molecule has 0 aromatic heterocycles. The largest absolute Gasteiger partial charge is 0.362 e. The van der Waals surface area contributed by atoms with Crippen molar-refractivity contribution in [3.05, 3.63) is 12.2 Å². The topological polar surface area (TPSA) is 34.3 Å². The molecule has 0 aromatic carbocycles. The molecule has 4 unspecified atom stereocenters. The fraction of sp³-hybridized carbons (Fsp3) is 0.714. The lowest BCUT2D eigenvalue weighted by molar-refractivity contribution is 0.0297. The third-order valence-corrected chi connectivity index (χ3v) is 2.35. The third kappa shape index (κ3) is 0.438. The Hall–Kier alpha value is -0.380. The maximum Gasteiger partial charge on any atom is 0.218 e. The van der Waals surface area contributed by atoms with E-state index in [1.165, 1.54) is 0 Å². The first-order valence-electron chi connectivity index (χ1n) is 3.43. The first-order chi connectivity index (χ1) is 4.86. The Kier molecular flexibility index (Phi) is 0.688. The Morgan fingerprint density at radius 1 is 1.60 bits per heavy atom. The number of hydrogen-bond donors (Lipinski definition) is 0. The predicted molar refractivity (Wildman–Crippen MR) is 32.4 cm³/mol. The van der Waals surface area contributed by atoms with Crippen LogP contribution in [0.1, 0.15) is 0 Å². The second-order valence-electron chi connectivity index (χ2n) is 2.89. The Bertz CT molecular complexity index is 213. The lowest BCUT2D eigenvalue weighted by Gasteiger charge is -2.05. The van der Waals surface area contributed by atoms with Crippen molar-refractivity contribution in [3.63, 3.8) is 0 Å². The van der Waals surface area contributed by atoms with Gasteiger partial charge in [0.2, 0.25) is 5.79 Å². The van der Waals surface area contributed by atoms with Gasteiger partial charge in [-0.1, -0.05) is 6.08 Å². The molecule has 0 aromatic rings. The highest BCUT2D eigenvalue weighted by atomic mass is 16.8. The van der Waals surface area contributed by atoms with Crippen LogP contribution in [0, 0.1) is 0 Å². The summed E-state index contributed by atoms with van der Waals surface area (Å²) in [4.78, 5) is 0. The number of epoxide rings is 2. The van der Waals surface area contributed by atoms with Gasteiger partial charge in [-0.15, -0.1) is 0 Å². The molecule has 0 spiro atoms. The van der Waals surface area contributed by atoms with Crippen molar-refractivity contribution in [2.45, 2.75) is 24.1 Å². The molecule has 3 heteroatoms. The summed E-state index contributed by atoms with van der Waals surface area (Å²) in [5.41, 5.74) is 0. The van der Waals surface area contributed by atoms with Gasteiger partial charge in [0.25, 0.3) is 0 Å². The molecular formula is C7H8O3. The van der Waals surface area contributed by atoms with Gasteiger partial charge < -0.3 is 14.2 Å². The molecule has 4 atom stereocenters. The third-order valence-electron chi connectivity index (χ3n) is 2.35. The van der Waals surface area contributed by atoms with E-state index in [9.17, 15) is 0 Å². The highest BCUT2D eigenvalue weighted by Gasteiger charge is 2.69. The lowest BCUT2D eigenvalue weighted by atomic mass is 10.1. The maximum atomic E-state index is 5.33. The van der Waals surface area contributed by atoms with Crippen molar-refractivity contribution >= 4 is 0 Å². The van der Waals surface area contributed by atoms with Gasteiger partial charge in [-0.3, -0.25) is 0 Å². The summed E-state index contributed by atoms with van der Waals surface area (Å²) in [6, 6.07) is 0. The van der Waals surface area contributed by atoms with E-state index in [4.69, 9.17) is 14.2 Å². The lowest BCUT2D eigenvalue weighted by Crippen LogP contribution is -2.21. The summed E-state index contributed by atoms with van der Waals surface area (Å²) in [6.07, 6.45) is 4.73. The SMILES string of the molecule is COC12C=CC3OC3C1O2. The summed E-state index contributed by atoms with van der Waals surface area (Å²) in [5, 5.41) is 0. The standard InChI is InChI=1S/C7H8O3/c1-8-7-3-2-4-5(9-4)6(7)10-7/h2-6H,1H3. The summed E-state index contributed by atoms with van der Waals surface area (Å²) >= 11 is 0. The molecule has 2 aliphatic heterocycles. The molecule has 0 N–H and O–H groups in total. The molecule has 10 heavy (non-hydrogen) atoms. The van der Waals surface area contributed by atoms with Crippen molar-refractivity contribution in [1.82, 2.24) is 0 Å². The normalized spacial score (nSPS) is 61.1. The molecule has 0 bridgehead atoms. The molecule has 2 saturated heterocycles. The summed E-state index contributed by atoms with van der Waals surface area (Å²) in [6.45, 7) is 0. The fourth-order valence-corrected chi connectivity index (χ4v) is 1.59. The summed E-state index contributed by atoms with van der Waals surface area (Å²) in [7, 11) is 1.66. The molecule has 3 aliphatic rings. The smallest absolute Gasteiger partial charge is 0.218 e. The Morgan fingerprint density at radius 3 is 3.30 bits per heavy atom. The van der Waals surface area contributed by atoms with Gasteiger partial charge >= 0.3 is 0 Å². The number of hydrogen-bond acceptors (Lipinski definition) is 3. The van der Waals surface area contributed by atoms with E-state index in [1.807, 2.05) is 12.2 Å². The van der Waals surface area contributed by atoms with Crippen LogP contribution in [0.4, 0.5) is 0 Å². The predicted octanol–water partition coefficient (Wildman–Crippen LogP) is 0.0651. The van der Waals surface area contributed by atoms with Crippen molar-refractivity contribution in [3.8, 4) is 0 Å². The Labute approximate surface area is 58.6 Å². The van der Waals surface area contributed by atoms with Crippen molar-refractivity contribution in [2.75, 3.05) is 7.11 Å². The Balaban J connectivity index is 1.95. The van der Waals surface area contributed by atoms with Crippen molar-refractivity contribution in [1.29, 1.82) is 0 Å². The molecule has 0 radical (unpaired) electrons. The summed E-state index contributed by atoms with van der Waals surface area (Å²) < 4.78 is 15.8. The van der Waals surface area contributed by atoms with Crippen molar-refractivity contribution in [2.24, 2.45) is 0 Å². The number of methoxy groups -OCH3 is 1. The minimum atomic E-state index is -0.405. The van der Waals surface area contributed by atoms with Crippen LogP contribution in [-0.2, 0) is 14.2 Å². The minimum absolute atomic E-state index is 0.174. The van der Waals surface area contributed by atoms with E-state index in [0.717, 1.165) is 0 Å². The van der Waals surface area contributed by atoms with Crippen LogP contribution < -0.4 is 0 Å².